The molecule has 0 fully saturated rings. The molecule has 0 aromatic heterocycles. The molecule has 0 aliphatic carbocycles. The zero-order chi connectivity index (χ0) is 18.1. The van der Waals surface area contributed by atoms with Crippen LogP contribution in [0.25, 0.3) is 0 Å². The first-order valence-electron chi connectivity index (χ1n) is 8.00. The predicted octanol–water partition coefficient (Wildman–Crippen LogP) is 6.49. The van der Waals surface area contributed by atoms with Crippen LogP contribution in [0.3, 0.4) is 0 Å². The summed E-state index contributed by atoms with van der Waals surface area (Å²) in [6, 6.07) is 11.5. The fraction of sp³-hybridized carbons (Fsp3) is 0.400. The molecule has 2 N–H and O–H groups in total. The largest absolute Gasteiger partial charge is 0.508 e. The predicted molar refractivity (Wildman–Crippen MR) is 105 cm³/mol. The summed E-state index contributed by atoms with van der Waals surface area (Å²) in [4.78, 5) is 2.21. The second-order valence-electron chi connectivity index (χ2n) is 8.02. The summed E-state index contributed by atoms with van der Waals surface area (Å²) in [6.45, 7) is 12.6. The number of hydrogen-bond donors (Lipinski definition) is 2. The van der Waals surface area contributed by atoms with Crippen molar-refractivity contribution in [1.29, 1.82) is 0 Å². The molecular weight excluding hydrogens is 336 g/mol. The number of aromatic hydroxyl groups is 2. The van der Waals surface area contributed by atoms with Gasteiger partial charge in [-0.25, -0.2) is 0 Å². The van der Waals surface area contributed by atoms with Gasteiger partial charge in [0.1, 0.15) is 11.5 Å². The van der Waals surface area contributed by atoms with Crippen molar-refractivity contribution in [3.05, 3.63) is 47.5 Å². The van der Waals surface area contributed by atoms with E-state index in [9.17, 15) is 10.2 Å². The monoisotopic (exact) mass is 362 g/mol. The summed E-state index contributed by atoms with van der Waals surface area (Å²) in [5.41, 5.74) is 1.72. The average molecular weight is 363 g/mol. The molecule has 0 saturated heterocycles. The normalized spacial score (nSPS) is 12.4. The summed E-state index contributed by atoms with van der Waals surface area (Å²) in [5, 5.41) is 20.1. The van der Waals surface area contributed by atoms with Crippen molar-refractivity contribution < 1.29 is 10.2 Å². The van der Waals surface area contributed by atoms with Crippen molar-refractivity contribution in [2.24, 2.45) is 0 Å². The highest BCUT2D eigenvalue weighted by atomic mass is 33.1. The molecule has 2 aromatic carbocycles. The van der Waals surface area contributed by atoms with Crippen molar-refractivity contribution in [1.82, 2.24) is 0 Å². The lowest BCUT2D eigenvalue weighted by molar-refractivity contribution is 0.445. The van der Waals surface area contributed by atoms with Gasteiger partial charge in [-0.05, 0) is 47.2 Å². The number of rotatable bonds is 3. The zero-order valence-corrected chi connectivity index (χ0v) is 16.8. The van der Waals surface area contributed by atoms with Crippen LogP contribution in [0.1, 0.15) is 52.7 Å². The first-order chi connectivity index (χ1) is 11.0. The maximum absolute atomic E-state index is 10.1. The molecule has 0 bridgehead atoms. The first kappa shape index (κ1) is 19.1. The summed E-state index contributed by atoms with van der Waals surface area (Å²) in [6.07, 6.45) is 0. The van der Waals surface area contributed by atoms with Gasteiger partial charge in [0, 0.05) is 20.9 Å². The van der Waals surface area contributed by atoms with Crippen molar-refractivity contribution >= 4 is 21.6 Å². The van der Waals surface area contributed by atoms with Crippen molar-refractivity contribution in [2.45, 2.75) is 62.2 Å². The van der Waals surface area contributed by atoms with Crippen LogP contribution in [0, 0.1) is 0 Å². The molecule has 2 rings (SSSR count). The molecule has 2 nitrogen and oxygen atoms in total. The lowest BCUT2D eigenvalue weighted by Crippen LogP contribution is -2.11. The molecule has 24 heavy (non-hydrogen) atoms. The van der Waals surface area contributed by atoms with E-state index in [1.165, 1.54) is 0 Å². The Labute approximate surface area is 153 Å². The number of phenols is 2. The SMILES string of the molecule is CC(C)(C)c1cc(SSc2ccc(O)c(C(C)(C)C)c2)ccc1O. The summed E-state index contributed by atoms with van der Waals surface area (Å²) in [7, 11) is 3.32. The van der Waals surface area contributed by atoms with Gasteiger partial charge in [-0.3, -0.25) is 0 Å². The highest BCUT2D eigenvalue weighted by molar-refractivity contribution is 8.76. The van der Waals surface area contributed by atoms with Crippen LogP contribution in [-0.2, 0) is 10.8 Å². The van der Waals surface area contributed by atoms with Crippen molar-refractivity contribution in [3.63, 3.8) is 0 Å². The third kappa shape index (κ3) is 4.64. The van der Waals surface area contributed by atoms with Crippen LogP contribution in [0.15, 0.2) is 46.2 Å². The van der Waals surface area contributed by atoms with Gasteiger partial charge in [0.15, 0.2) is 0 Å². The molecular formula is C20H26O2S2. The van der Waals surface area contributed by atoms with Gasteiger partial charge < -0.3 is 10.2 Å². The van der Waals surface area contributed by atoms with Gasteiger partial charge in [-0.1, -0.05) is 63.1 Å². The Morgan fingerprint density at radius 3 is 1.25 bits per heavy atom. The van der Waals surface area contributed by atoms with Crippen LogP contribution >= 0.6 is 21.6 Å². The van der Waals surface area contributed by atoms with Gasteiger partial charge in [-0.2, -0.15) is 0 Å². The summed E-state index contributed by atoms with van der Waals surface area (Å²) >= 11 is 0. The zero-order valence-electron chi connectivity index (χ0n) is 15.2. The Kier molecular flexibility index (Phi) is 5.50. The maximum atomic E-state index is 10.1. The highest BCUT2D eigenvalue weighted by Crippen LogP contribution is 2.43. The fourth-order valence-electron chi connectivity index (χ4n) is 2.43. The van der Waals surface area contributed by atoms with Crippen LogP contribution in [0.2, 0.25) is 0 Å². The van der Waals surface area contributed by atoms with E-state index in [1.54, 1.807) is 33.7 Å². The van der Waals surface area contributed by atoms with Gasteiger partial charge in [-0.15, -0.1) is 0 Å². The van der Waals surface area contributed by atoms with Gasteiger partial charge in [0.2, 0.25) is 0 Å². The average Bonchev–Trinajstić information content (AvgIpc) is 2.45. The molecule has 0 unspecified atom stereocenters. The van der Waals surface area contributed by atoms with E-state index >= 15 is 0 Å². The van der Waals surface area contributed by atoms with Crippen molar-refractivity contribution in [2.75, 3.05) is 0 Å². The molecule has 0 atom stereocenters. The minimum absolute atomic E-state index is 0.0940. The highest BCUT2D eigenvalue weighted by Gasteiger charge is 2.20. The maximum Gasteiger partial charge on any atom is 0.119 e. The first-order valence-corrected chi connectivity index (χ1v) is 10.1. The van der Waals surface area contributed by atoms with E-state index in [4.69, 9.17) is 0 Å². The third-order valence-electron chi connectivity index (χ3n) is 3.79. The smallest absolute Gasteiger partial charge is 0.119 e. The molecule has 0 heterocycles. The van der Waals surface area contributed by atoms with E-state index < -0.39 is 0 Å². The van der Waals surface area contributed by atoms with Crippen LogP contribution in [0.4, 0.5) is 0 Å². The topological polar surface area (TPSA) is 40.5 Å². The summed E-state index contributed by atoms with van der Waals surface area (Å²) < 4.78 is 0. The van der Waals surface area contributed by atoms with Crippen molar-refractivity contribution in [3.8, 4) is 11.5 Å². The standard InChI is InChI=1S/C20H26O2S2/c1-19(2,3)15-11-13(7-9-17(15)21)23-24-14-8-10-18(22)16(12-14)20(4,5)6/h7-12,21-22H,1-6H3. The lowest BCUT2D eigenvalue weighted by atomic mass is 9.86. The van der Waals surface area contributed by atoms with Gasteiger partial charge >= 0.3 is 0 Å². The quantitative estimate of drug-likeness (QED) is 0.612. The molecule has 0 amide bonds. The summed E-state index contributed by atoms with van der Waals surface area (Å²) in [5.74, 6) is 0.688. The molecule has 0 aliphatic rings. The van der Waals surface area contributed by atoms with E-state index in [0.717, 1.165) is 20.9 Å². The second-order valence-corrected chi connectivity index (χ2v) is 10.3. The number of hydrogen-bond acceptors (Lipinski definition) is 4. The molecule has 130 valence electrons. The second kappa shape index (κ2) is 6.93. The Morgan fingerprint density at radius 2 is 0.958 bits per heavy atom. The number of benzene rings is 2. The molecule has 2 aromatic rings. The Morgan fingerprint density at radius 1 is 0.625 bits per heavy atom. The Hall–Kier alpha value is -1.26. The molecule has 0 saturated carbocycles. The Bertz CT molecular complexity index is 662. The van der Waals surface area contributed by atoms with Gasteiger partial charge in [0.25, 0.3) is 0 Å². The van der Waals surface area contributed by atoms with Crippen LogP contribution in [0.5, 0.6) is 11.5 Å². The van der Waals surface area contributed by atoms with E-state index in [-0.39, 0.29) is 10.8 Å². The third-order valence-corrected chi connectivity index (χ3v) is 6.17. The van der Waals surface area contributed by atoms with Crippen LogP contribution in [-0.4, -0.2) is 10.2 Å². The molecule has 0 spiro atoms. The number of phenolic OH excluding ortho intramolecular Hbond substituents is 2. The molecule has 0 radical (unpaired) electrons. The molecule has 4 heteroatoms. The minimum Gasteiger partial charge on any atom is -0.508 e. The minimum atomic E-state index is -0.0940. The van der Waals surface area contributed by atoms with E-state index in [1.807, 2.05) is 12.1 Å². The van der Waals surface area contributed by atoms with E-state index in [2.05, 4.69) is 53.7 Å². The van der Waals surface area contributed by atoms with Crippen LogP contribution < -0.4 is 0 Å². The lowest BCUT2D eigenvalue weighted by Gasteiger charge is -2.21. The van der Waals surface area contributed by atoms with E-state index in [0.29, 0.717) is 11.5 Å². The van der Waals surface area contributed by atoms with Gasteiger partial charge in [0.05, 0.1) is 0 Å². The molecule has 0 aliphatic heterocycles. The fourth-order valence-corrected chi connectivity index (χ4v) is 4.40. The Balaban J connectivity index is 2.20.